The Morgan fingerprint density at radius 3 is 2.40 bits per heavy atom. The van der Waals surface area contributed by atoms with Crippen LogP contribution in [0.5, 0.6) is 0 Å². The number of nitro groups is 1. The number of esters is 1. The number of anilines is 2. The first-order chi connectivity index (χ1) is 20.8. The number of nitro benzene ring substituents is 1. The SMILES string of the molecule is COC(=O)c1c(NC(=O)C(Sc2cccc(NC(=O)c3ccc([N+](=O)[O-])cc3)c2)c2ccccc2)sc2c1CCCCC2. The number of ether oxygens (including phenoxy) is 1. The van der Waals surface area contributed by atoms with Crippen molar-refractivity contribution in [2.45, 2.75) is 42.2 Å². The maximum absolute atomic E-state index is 13.9. The molecule has 1 unspecified atom stereocenters. The number of nitrogens with one attached hydrogen (secondary N) is 2. The van der Waals surface area contributed by atoms with E-state index in [0.29, 0.717) is 16.3 Å². The molecule has 0 radical (unpaired) electrons. The van der Waals surface area contributed by atoms with Crippen LogP contribution in [0, 0.1) is 10.1 Å². The van der Waals surface area contributed by atoms with Crippen molar-refractivity contribution in [3.8, 4) is 0 Å². The molecule has 1 heterocycles. The van der Waals surface area contributed by atoms with Gasteiger partial charge in [-0.05, 0) is 67.1 Å². The second kappa shape index (κ2) is 13.7. The number of amides is 2. The normalized spacial score (nSPS) is 13.2. The van der Waals surface area contributed by atoms with Gasteiger partial charge in [-0.15, -0.1) is 23.1 Å². The molecule has 4 aromatic rings. The molecule has 0 saturated heterocycles. The van der Waals surface area contributed by atoms with Gasteiger partial charge in [-0.2, -0.15) is 0 Å². The quantitative estimate of drug-likeness (QED) is 0.0659. The molecule has 0 spiro atoms. The van der Waals surface area contributed by atoms with E-state index in [1.54, 1.807) is 18.2 Å². The predicted molar refractivity (Wildman–Crippen MR) is 168 cm³/mol. The second-order valence-electron chi connectivity index (χ2n) is 9.94. The first-order valence-corrected chi connectivity index (χ1v) is 15.4. The summed E-state index contributed by atoms with van der Waals surface area (Å²) in [4.78, 5) is 51.8. The van der Waals surface area contributed by atoms with E-state index in [1.165, 1.54) is 54.5 Å². The largest absolute Gasteiger partial charge is 0.465 e. The van der Waals surface area contributed by atoms with Crippen LogP contribution in [0.2, 0.25) is 0 Å². The molecule has 0 saturated carbocycles. The van der Waals surface area contributed by atoms with Crippen LogP contribution in [-0.2, 0) is 22.4 Å². The summed E-state index contributed by atoms with van der Waals surface area (Å²) in [6.45, 7) is 0. The molecular formula is C32H29N3O6S2. The number of benzene rings is 3. The van der Waals surface area contributed by atoms with E-state index in [4.69, 9.17) is 4.74 Å². The molecule has 1 aliphatic carbocycles. The zero-order valence-electron chi connectivity index (χ0n) is 23.3. The molecule has 220 valence electrons. The molecule has 1 aromatic heterocycles. The molecule has 1 atom stereocenters. The van der Waals surface area contributed by atoms with Crippen LogP contribution in [0.4, 0.5) is 16.4 Å². The minimum Gasteiger partial charge on any atom is -0.465 e. The van der Waals surface area contributed by atoms with Gasteiger partial charge in [0.15, 0.2) is 0 Å². The number of rotatable bonds is 9. The molecule has 2 N–H and O–H groups in total. The topological polar surface area (TPSA) is 128 Å². The minimum atomic E-state index is -0.658. The Balaban J connectivity index is 1.38. The molecule has 2 amide bonds. The zero-order chi connectivity index (χ0) is 30.3. The molecular weight excluding hydrogens is 587 g/mol. The first-order valence-electron chi connectivity index (χ1n) is 13.7. The molecule has 1 aliphatic rings. The van der Waals surface area contributed by atoms with Gasteiger partial charge in [-0.1, -0.05) is 42.8 Å². The van der Waals surface area contributed by atoms with E-state index in [9.17, 15) is 24.5 Å². The van der Waals surface area contributed by atoms with Crippen LogP contribution in [0.1, 0.15) is 61.2 Å². The number of hydrogen-bond acceptors (Lipinski definition) is 8. The Morgan fingerprint density at radius 2 is 1.67 bits per heavy atom. The summed E-state index contributed by atoms with van der Waals surface area (Å²) >= 11 is 2.77. The minimum absolute atomic E-state index is 0.0999. The Kier molecular flexibility index (Phi) is 9.53. The summed E-state index contributed by atoms with van der Waals surface area (Å²) in [6.07, 6.45) is 4.78. The number of nitrogens with zero attached hydrogens (tertiary/aromatic N) is 1. The Hall–Kier alpha value is -4.48. The highest BCUT2D eigenvalue weighted by atomic mass is 32.2. The molecule has 3 aromatic carbocycles. The van der Waals surface area contributed by atoms with Gasteiger partial charge in [-0.3, -0.25) is 19.7 Å². The Morgan fingerprint density at radius 1 is 0.930 bits per heavy atom. The smallest absolute Gasteiger partial charge is 0.341 e. The van der Waals surface area contributed by atoms with E-state index in [1.807, 2.05) is 36.4 Å². The Bertz CT molecular complexity index is 1650. The van der Waals surface area contributed by atoms with Crippen LogP contribution < -0.4 is 10.6 Å². The third-order valence-electron chi connectivity index (χ3n) is 7.07. The van der Waals surface area contributed by atoms with Crippen LogP contribution >= 0.6 is 23.1 Å². The lowest BCUT2D eigenvalue weighted by Gasteiger charge is -2.18. The maximum atomic E-state index is 13.9. The summed E-state index contributed by atoms with van der Waals surface area (Å²) in [5.41, 5.74) is 2.90. The standard InChI is InChI=1S/C32H29N3O6S2/c1-41-32(38)27-25-13-6-3-7-14-26(25)43-31(27)34-30(37)28(20-9-4-2-5-10-20)42-24-12-8-11-22(19-24)33-29(36)21-15-17-23(18-16-21)35(39)40/h2,4-5,8-12,15-19,28H,3,6-7,13-14H2,1H3,(H,33,36)(H,34,37). The van der Waals surface area contributed by atoms with Gasteiger partial charge in [-0.25, -0.2) is 4.79 Å². The van der Waals surface area contributed by atoms with Crippen molar-refractivity contribution in [2.75, 3.05) is 17.7 Å². The van der Waals surface area contributed by atoms with Crippen molar-refractivity contribution >= 4 is 57.3 Å². The van der Waals surface area contributed by atoms with Gasteiger partial charge in [0.1, 0.15) is 10.3 Å². The average molecular weight is 616 g/mol. The highest BCUT2D eigenvalue weighted by Gasteiger charge is 2.29. The van der Waals surface area contributed by atoms with E-state index < -0.39 is 22.0 Å². The Labute approximate surface area is 256 Å². The monoisotopic (exact) mass is 615 g/mol. The van der Waals surface area contributed by atoms with Gasteiger partial charge in [0.2, 0.25) is 5.91 Å². The number of non-ortho nitro benzene ring substituents is 1. The van der Waals surface area contributed by atoms with Crippen LogP contribution in [0.25, 0.3) is 0 Å². The lowest BCUT2D eigenvalue weighted by Crippen LogP contribution is -2.20. The van der Waals surface area contributed by atoms with Gasteiger partial charge in [0.05, 0.1) is 17.6 Å². The van der Waals surface area contributed by atoms with Crippen molar-refractivity contribution < 1.29 is 24.0 Å². The van der Waals surface area contributed by atoms with Gasteiger partial charge in [0.25, 0.3) is 11.6 Å². The molecule has 9 nitrogen and oxygen atoms in total. The van der Waals surface area contributed by atoms with Gasteiger partial charge in [0, 0.05) is 33.2 Å². The number of methoxy groups -OCH3 is 1. The summed E-state index contributed by atoms with van der Waals surface area (Å²) in [5.74, 6) is -1.14. The number of carbonyl (C=O) groups excluding carboxylic acids is 3. The van der Waals surface area contributed by atoms with E-state index >= 15 is 0 Å². The number of fused-ring (bicyclic) bond motifs is 1. The number of thiophene rings is 1. The average Bonchev–Trinajstić information content (AvgIpc) is 3.19. The van der Waals surface area contributed by atoms with E-state index in [2.05, 4.69) is 10.6 Å². The van der Waals surface area contributed by atoms with Crippen LogP contribution in [0.15, 0.2) is 83.8 Å². The fourth-order valence-corrected chi connectivity index (χ4v) is 7.31. The molecule has 43 heavy (non-hydrogen) atoms. The zero-order valence-corrected chi connectivity index (χ0v) is 25.0. The second-order valence-corrected chi connectivity index (χ2v) is 12.2. The van der Waals surface area contributed by atoms with Crippen LogP contribution in [-0.4, -0.2) is 29.8 Å². The fraction of sp³-hybridized carbons (Fsp3) is 0.219. The molecule has 0 bridgehead atoms. The maximum Gasteiger partial charge on any atom is 0.341 e. The lowest BCUT2D eigenvalue weighted by molar-refractivity contribution is -0.384. The predicted octanol–water partition coefficient (Wildman–Crippen LogP) is 7.44. The number of aryl methyl sites for hydroxylation is 1. The number of hydrogen-bond donors (Lipinski definition) is 2. The van der Waals surface area contributed by atoms with E-state index in [0.717, 1.165) is 53.0 Å². The molecule has 11 heteroatoms. The van der Waals surface area contributed by atoms with Crippen molar-refractivity contribution in [1.82, 2.24) is 0 Å². The fourth-order valence-electron chi connectivity index (χ4n) is 4.95. The summed E-state index contributed by atoms with van der Waals surface area (Å²) in [6, 6.07) is 21.8. The lowest BCUT2D eigenvalue weighted by atomic mass is 10.1. The van der Waals surface area contributed by atoms with Crippen molar-refractivity contribution in [3.63, 3.8) is 0 Å². The molecule has 0 fully saturated rings. The molecule has 0 aliphatic heterocycles. The van der Waals surface area contributed by atoms with E-state index in [-0.39, 0.29) is 17.2 Å². The highest BCUT2D eigenvalue weighted by molar-refractivity contribution is 8.00. The summed E-state index contributed by atoms with van der Waals surface area (Å²) in [5, 5.41) is 16.6. The van der Waals surface area contributed by atoms with Gasteiger partial charge < -0.3 is 15.4 Å². The number of carbonyl (C=O) groups is 3. The molecule has 5 rings (SSSR count). The van der Waals surface area contributed by atoms with Crippen molar-refractivity contribution in [2.24, 2.45) is 0 Å². The first kappa shape index (κ1) is 30.0. The van der Waals surface area contributed by atoms with Crippen molar-refractivity contribution in [1.29, 1.82) is 0 Å². The summed E-state index contributed by atoms with van der Waals surface area (Å²) in [7, 11) is 1.35. The third-order valence-corrected chi connectivity index (χ3v) is 9.53. The summed E-state index contributed by atoms with van der Waals surface area (Å²) < 4.78 is 5.10. The third kappa shape index (κ3) is 7.12. The van der Waals surface area contributed by atoms with Gasteiger partial charge >= 0.3 is 5.97 Å². The van der Waals surface area contributed by atoms with Crippen LogP contribution in [0.3, 0.4) is 0 Å². The number of thioether (sulfide) groups is 1. The van der Waals surface area contributed by atoms with Crippen molar-refractivity contribution in [3.05, 3.63) is 116 Å². The highest BCUT2D eigenvalue weighted by Crippen LogP contribution is 2.41.